The van der Waals surface area contributed by atoms with Crippen molar-refractivity contribution in [3.63, 3.8) is 0 Å². The lowest BCUT2D eigenvalue weighted by Gasteiger charge is -2.06. The molecule has 0 saturated carbocycles. The Kier molecular flexibility index (Phi) is 3.10. The average Bonchev–Trinajstić information content (AvgIpc) is 2.16. The molecular weight excluding hydrogens is 173 g/mol. The molecule has 6 heteroatoms. The van der Waals surface area contributed by atoms with Crippen molar-refractivity contribution in [2.24, 2.45) is 0 Å². The number of ether oxygens (including phenoxy) is 2. The van der Waals surface area contributed by atoms with Crippen molar-refractivity contribution in [1.82, 2.24) is 4.98 Å². The molecule has 1 aromatic heterocycles. The first kappa shape index (κ1) is 9.82. The molecule has 0 aliphatic heterocycles. The summed E-state index contributed by atoms with van der Waals surface area (Å²) >= 11 is 0. The maximum atomic E-state index is 8.85. The van der Waals surface area contributed by atoms with Crippen LogP contribution < -0.4 is 15.1 Å². The van der Waals surface area contributed by atoms with E-state index in [1.165, 1.54) is 20.3 Å². The monoisotopic (exact) mass is 183 g/mol. The van der Waals surface area contributed by atoms with Crippen LogP contribution in [0.4, 0.5) is 0 Å². The van der Waals surface area contributed by atoms with Crippen molar-refractivity contribution in [2.75, 3.05) is 14.2 Å². The van der Waals surface area contributed by atoms with E-state index >= 15 is 0 Å². The molecule has 0 aliphatic rings. The Morgan fingerprint density at radius 1 is 1.23 bits per heavy atom. The van der Waals surface area contributed by atoms with Gasteiger partial charge < -0.3 is 19.5 Å². The van der Waals surface area contributed by atoms with Crippen LogP contribution in [0, 0.1) is 0 Å². The van der Waals surface area contributed by atoms with Gasteiger partial charge in [0.2, 0.25) is 5.88 Å². The topological polar surface area (TPSA) is 71.8 Å². The van der Waals surface area contributed by atoms with E-state index in [-0.39, 0.29) is 11.5 Å². The van der Waals surface area contributed by atoms with E-state index < -0.39 is 7.12 Å². The van der Waals surface area contributed by atoms with Crippen molar-refractivity contribution < 1.29 is 19.5 Å². The number of pyridine rings is 1. The van der Waals surface area contributed by atoms with E-state index in [0.717, 1.165) is 0 Å². The van der Waals surface area contributed by atoms with Crippen LogP contribution in [0.5, 0.6) is 11.6 Å². The highest BCUT2D eigenvalue weighted by atomic mass is 16.5. The summed E-state index contributed by atoms with van der Waals surface area (Å²) in [5, 5.41) is 17.7. The molecule has 0 aromatic carbocycles. The fraction of sp³-hybridized carbons (Fsp3) is 0.286. The summed E-state index contributed by atoms with van der Waals surface area (Å²) in [5.41, 5.74) is 0.0937. The van der Waals surface area contributed by atoms with E-state index in [2.05, 4.69) is 4.98 Å². The summed E-state index contributed by atoms with van der Waals surface area (Å²) in [6.07, 6.45) is 0. The third-order valence-corrected chi connectivity index (χ3v) is 1.50. The van der Waals surface area contributed by atoms with Gasteiger partial charge >= 0.3 is 7.12 Å². The number of nitrogens with zero attached hydrogens (tertiary/aromatic N) is 1. The van der Waals surface area contributed by atoms with Crippen molar-refractivity contribution in [3.05, 3.63) is 12.1 Å². The molecule has 0 radical (unpaired) electrons. The quantitative estimate of drug-likeness (QED) is 0.574. The predicted molar refractivity (Wildman–Crippen MR) is 47.2 cm³/mol. The van der Waals surface area contributed by atoms with E-state index in [4.69, 9.17) is 19.5 Å². The van der Waals surface area contributed by atoms with Crippen LogP contribution in [0.15, 0.2) is 12.1 Å². The molecule has 2 N–H and O–H groups in total. The summed E-state index contributed by atoms with van der Waals surface area (Å²) in [4.78, 5) is 3.80. The maximum Gasteiger partial charge on any atom is 0.508 e. The summed E-state index contributed by atoms with van der Waals surface area (Å²) in [6.45, 7) is 0. The second-order valence-electron chi connectivity index (χ2n) is 2.35. The van der Waals surface area contributed by atoms with E-state index in [0.29, 0.717) is 5.75 Å². The molecule has 0 aliphatic carbocycles. The third kappa shape index (κ3) is 2.33. The van der Waals surface area contributed by atoms with Gasteiger partial charge in [-0.05, 0) is 6.07 Å². The van der Waals surface area contributed by atoms with Crippen LogP contribution in [-0.2, 0) is 0 Å². The fourth-order valence-electron chi connectivity index (χ4n) is 0.856. The molecular formula is C7H10BNO4. The lowest BCUT2D eigenvalue weighted by Crippen LogP contribution is -2.32. The second-order valence-corrected chi connectivity index (χ2v) is 2.35. The first-order chi connectivity index (χ1) is 6.17. The normalized spacial score (nSPS) is 9.54. The molecule has 0 unspecified atom stereocenters. The number of aromatic nitrogens is 1. The van der Waals surface area contributed by atoms with Gasteiger partial charge in [-0.2, -0.15) is 0 Å². The van der Waals surface area contributed by atoms with Gasteiger partial charge in [0, 0.05) is 6.07 Å². The maximum absolute atomic E-state index is 8.85. The minimum atomic E-state index is -1.62. The number of hydrogen-bond donors (Lipinski definition) is 2. The highest BCUT2D eigenvalue weighted by Gasteiger charge is 2.15. The van der Waals surface area contributed by atoms with Crippen LogP contribution in [0.2, 0.25) is 0 Å². The van der Waals surface area contributed by atoms with Gasteiger partial charge in [0.15, 0.2) is 0 Å². The Bertz CT molecular complexity index is 270. The Morgan fingerprint density at radius 2 is 1.92 bits per heavy atom. The standard InChI is InChI=1S/C7H10BNO4/c1-12-5-3-6(8(10)11)9-7(4-5)13-2/h3-4,10-11H,1-2H3. The Labute approximate surface area is 76.1 Å². The van der Waals surface area contributed by atoms with Crippen LogP contribution in [-0.4, -0.2) is 36.4 Å². The predicted octanol–water partition coefficient (Wildman–Crippen LogP) is -1.22. The Hall–Kier alpha value is -1.27. The molecule has 70 valence electrons. The van der Waals surface area contributed by atoms with Crippen LogP contribution >= 0.6 is 0 Å². The van der Waals surface area contributed by atoms with Crippen LogP contribution in [0.1, 0.15) is 0 Å². The summed E-state index contributed by atoms with van der Waals surface area (Å²) < 4.78 is 9.74. The highest BCUT2D eigenvalue weighted by molar-refractivity contribution is 6.57. The zero-order chi connectivity index (χ0) is 9.84. The number of rotatable bonds is 3. The lowest BCUT2D eigenvalue weighted by atomic mass is 9.85. The SMILES string of the molecule is COc1cc(OC)nc(B(O)O)c1. The summed E-state index contributed by atoms with van der Waals surface area (Å²) in [7, 11) is 1.29. The summed E-state index contributed by atoms with van der Waals surface area (Å²) in [5.74, 6) is 0.748. The minimum Gasteiger partial charge on any atom is -0.497 e. The van der Waals surface area contributed by atoms with Crippen molar-refractivity contribution in [2.45, 2.75) is 0 Å². The molecule has 0 fully saturated rings. The minimum absolute atomic E-state index is 0.0937. The van der Waals surface area contributed by atoms with Gasteiger partial charge in [-0.3, -0.25) is 0 Å². The van der Waals surface area contributed by atoms with E-state index in [9.17, 15) is 0 Å². The van der Waals surface area contributed by atoms with Crippen molar-refractivity contribution in [1.29, 1.82) is 0 Å². The molecule has 1 rings (SSSR count). The molecule has 0 atom stereocenters. The average molecular weight is 183 g/mol. The van der Waals surface area contributed by atoms with Crippen LogP contribution in [0.3, 0.4) is 0 Å². The van der Waals surface area contributed by atoms with E-state index in [1.807, 2.05) is 0 Å². The van der Waals surface area contributed by atoms with Crippen molar-refractivity contribution >= 4 is 12.7 Å². The van der Waals surface area contributed by atoms with E-state index in [1.54, 1.807) is 6.07 Å². The largest absolute Gasteiger partial charge is 0.508 e. The molecule has 13 heavy (non-hydrogen) atoms. The molecule has 1 heterocycles. The molecule has 0 amide bonds. The molecule has 5 nitrogen and oxygen atoms in total. The zero-order valence-electron chi connectivity index (χ0n) is 7.39. The Morgan fingerprint density at radius 3 is 2.38 bits per heavy atom. The third-order valence-electron chi connectivity index (χ3n) is 1.50. The van der Waals surface area contributed by atoms with Gasteiger partial charge in [-0.25, -0.2) is 4.98 Å². The van der Waals surface area contributed by atoms with Gasteiger partial charge in [0.1, 0.15) is 5.75 Å². The highest BCUT2D eigenvalue weighted by Crippen LogP contribution is 2.13. The van der Waals surface area contributed by atoms with Gasteiger partial charge in [0.05, 0.1) is 19.8 Å². The first-order valence-corrected chi connectivity index (χ1v) is 3.63. The van der Waals surface area contributed by atoms with Crippen molar-refractivity contribution in [3.8, 4) is 11.6 Å². The molecule has 0 bridgehead atoms. The molecule has 0 spiro atoms. The second kappa shape index (κ2) is 4.11. The smallest absolute Gasteiger partial charge is 0.497 e. The molecule has 0 saturated heterocycles. The summed E-state index contributed by atoms with van der Waals surface area (Å²) in [6, 6.07) is 2.97. The Balaban J connectivity index is 3.07. The van der Waals surface area contributed by atoms with Gasteiger partial charge in [-0.1, -0.05) is 0 Å². The van der Waals surface area contributed by atoms with Gasteiger partial charge in [0.25, 0.3) is 0 Å². The van der Waals surface area contributed by atoms with Crippen LogP contribution in [0.25, 0.3) is 0 Å². The lowest BCUT2D eigenvalue weighted by molar-refractivity contribution is 0.380. The molecule has 1 aromatic rings. The number of hydrogen-bond acceptors (Lipinski definition) is 5. The fourth-order valence-corrected chi connectivity index (χ4v) is 0.856. The number of methoxy groups -OCH3 is 2. The zero-order valence-corrected chi connectivity index (χ0v) is 7.39. The van der Waals surface area contributed by atoms with Gasteiger partial charge in [-0.15, -0.1) is 0 Å². The first-order valence-electron chi connectivity index (χ1n) is 3.63.